The average molecular weight is 355 g/mol. The molecule has 0 saturated carbocycles. The molecule has 3 rings (SSSR count). The summed E-state index contributed by atoms with van der Waals surface area (Å²) >= 11 is 0. The lowest BCUT2D eigenvalue weighted by molar-refractivity contribution is 0.175. The van der Waals surface area contributed by atoms with Crippen LogP contribution >= 0.6 is 0 Å². The van der Waals surface area contributed by atoms with Gasteiger partial charge in [0, 0.05) is 5.56 Å². The number of carboxylic acid groups (broad SMARTS) is 1. The summed E-state index contributed by atoms with van der Waals surface area (Å²) in [5, 5.41) is 11.7. The molecule has 26 heavy (non-hydrogen) atoms. The summed E-state index contributed by atoms with van der Waals surface area (Å²) in [7, 11) is 0. The second-order valence-corrected chi connectivity index (χ2v) is 8.37. The van der Waals surface area contributed by atoms with Gasteiger partial charge in [-0.15, -0.1) is 0 Å². The predicted octanol–water partition coefficient (Wildman–Crippen LogP) is 5.58. The molecule has 0 bridgehead atoms. The van der Waals surface area contributed by atoms with E-state index in [9.17, 15) is 9.18 Å². The van der Waals surface area contributed by atoms with Gasteiger partial charge in [0.1, 0.15) is 5.82 Å². The van der Waals surface area contributed by atoms with Crippen molar-refractivity contribution >= 4 is 6.09 Å². The highest BCUT2D eigenvalue weighted by Gasteiger charge is 2.40. The maximum absolute atomic E-state index is 14.8. The fraction of sp³-hybridized carbons (Fsp3) is 0.409. The van der Waals surface area contributed by atoms with E-state index in [1.54, 1.807) is 0 Å². The third kappa shape index (κ3) is 3.59. The highest BCUT2D eigenvalue weighted by Crippen LogP contribution is 2.46. The molecule has 2 aromatic carbocycles. The second kappa shape index (κ2) is 6.75. The predicted molar refractivity (Wildman–Crippen MR) is 102 cm³/mol. The van der Waals surface area contributed by atoms with Gasteiger partial charge in [-0.1, -0.05) is 52.0 Å². The Hall–Kier alpha value is -2.36. The van der Waals surface area contributed by atoms with Crippen molar-refractivity contribution in [2.75, 3.05) is 0 Å². The lowest BCUT2D eigenvalue weighted by Crippen LogP contribution is -2.34. The van der Waals surface area contributed by atoms with Gasteiger partial charge in [-0.2, -0.15) is 0 Å². The third-order valence-corrected chi connectivity index (χ3v) is 5.14. The Morgan fingerprint density at radius 2 is 1.92 bits per heavy atom. The van der Waals surface area contributed by atoms with E-state index in [1.807, 2.05) is 32.0 Å². The maximum atomic E-state index is 14.8. The number of halogens is 1. The Balaban J connectivity index is 1.96. The molecule has 3 nitrogen and oxygen atoms in total. The molecular weight excluding hydrogens is 329 g/mol. The quantitative estimate of drug-likeness (QED) is 0.752. The first-order valence-corrected chi connectivity index (χ1v) is 9.08. The lowest BCUT2D eigenvalue weighted by Gasteiger charge is -2.27. The number of nitrogens with one attached hydrogen (secondary N) is 1. The number of fused-ring (bicyclic) bond motifs is 1. The Labute approximate surface area is 154 Å². The molecule has 0 aliphatic heterocycles. The number of carbonyl (C=O) groups is 1. The zero-order valence-electron chi connectivity index (χ0n) is 15.8. The van der Waals surface area contributed by atoms with Crippen LogP contribution in [0.3, 0.4) is 0 Å². The molecule has 1 aliphatic rings. The van der Waals surface area contributed by atoms with Crippen LogP contribution in [0, 0.1) is 17.2 Å². The van der Waals surface area contributed by atoms with Gasteiger partial charge in [0.05, 0.1) is 6.04 Å². The van der Waals surface area contributed by atoms with E-state index in [-0.39, 0.29) is 11.2 Å². The van der Waals surface area contributed by atoms with Crippen LogP contribution in [0.15, 0.2) is 36.4 Å². The Kier molecular flexibility index (Phi) is 4.78. The van der Waals surface area contributed by atoms with Crippen LogP contribution in [0.2, 0.25) is 0 Å². The summed E-state index contributed by atoms with van der Waals surface area (Å²) in [5.74, 6) is 0.272. The second-order valence-electron chi connectivity index (χ2n) is 8.37. The van der Waals surface area contributed by atoms with Crippen molar-refractivity contribution in [3.8, 4) is 11.1 Å². The van der Waals surface area contributed by atoms with Crippen LogP contribution in [-0.4, -0.2) is 11.2 Å². The van der Waals surface area contributed by atoms with Crippen molar-refractivity contribution in [1.82, 2.24) is 5.32 Å². The molecule has 0 spiro atoms. The highest BCUT2D eigenvalue weighted by atomic mass is 19.1. The van der Waals surface area contributed by atoms with Crippen LogP contribution in [-0.2, 0) is 12.8 Å². The molecule has 1 amide bonds. The first kappa shape index (κ1) is 18.4. The van der Waals surface area contributed by atoms with Gasteiger partial charge >= 0.3 is 6.09 Å². The fourth-order valence-corrected chi connectivity index (χ4v) is 3.98. The van der Waals surface area contributed by atoms with Gasteiger partial charge < -0.3 is 10.4 Å². The fourth-order valence-electron chi connectivity index (χ4n) is 3.98. The molecule has 1 atom stereocenters. The summed E-state index contributed by atoms with van der Waals surface area (Å²) in [6, 6.07) is 11.0. The number of hydrogen-bond acceptors (Lipinski definition) is 1. The van der Waals surface area contributed by atoms with Crippen LogP contribution in [0.5, 0.6) is 0 Å². The van der Waals surface area contributed by atoms with Gasteiger partial charge in [-0.25, -0.2) is 9.18 Å². The van der Waals surface area contributed by atoms with Gasteiger partial charge in [0.25, 0.3) is 0 Å². The first-order chi connectivity index (χ1) is 12.2. The van der Waals surface area contributed by atoms with Gasteiger partial charge in [-0.05, 0) is 58.6 Å². The first-order valence-electron chi connectivity index (χ1n) is 9.08. The molecular formula is C22H26FNO2. The van der Waals surface area contributed by atoms with Crippen LogP contribution in [0.4, 0.5) is 9.18 Å². The molecule has 1 aliphatic carbocycles. The Morgan fingerprint density at radius 1 is 1.27 bits per heavy atom. The molecule has 4 heteroatoms. The van der Waals surface area contributed by atoms with E-state index in [0.717, 1.165) is 23.1 Å². The summed E-state index contributed by atoms with van der Waals surface area (Å²) in [4.78, 5) is 11.1. The van der Waals surface area contributed by atoms with Gasteiger partial charge in [0.2, 0.25) is 0 Å². The van der Waals surface area contributed by atoms with E-state index >= 15 is 0 Å². The molecule has 0 fully saturated rings. The van der Waals surface area contributed by atoms with E-state index in [1.165, 1.54) is 11.6 Å². The molecule has 0 heterocycles. The Bertz CT molecular complexity index is 825. The highest BCUT2D eigenvalue weighted by molar-refractivity contribution is 5.69. The molecule has 0 radical (unpaired) electrons. The van der Waals surface area contributed by atoms with Crippen LogP contribution < -0.4 is 5.32 Å². The van der Waals surface area contributed by atoms with Crippen molar-refractivity contribution in [2.24, 2.45) is 11.3 Å². The van der Waals surface area contributed by atoms with E-state index in [2.05, 4.69) is 31.3 Å². The minimum absolute atomic E-state index is 0.285. The third-order valence-electron chi connectivity index (χ3n) is 5.14. The topological polar surface area (TPSA) is 49.3 Å². The molecule has 0 aromatic heterocycles. The molecule has 0 unspecified atom stereocenters. The van der Waals surface area contributed by atoms with Crippen molar-refractivity contribution in [2.45, 2.75) is 46.6 Å². The van der Waals surface area contributed by atoms with Crippen molar-refractivity contribution in [3.63, 3.8) is 0 Å². The number of benzene rings is 2. The zero-order chi connectivity index (χ0) is 19.1. The monoisotopic (exact) mass is 355 g/mol. The van der Waals surface area contributed by atoms with Crippen LogP contribution in [0.25, 0.3) is 11.1 Å². The molecule has 138 valence electrons. The standard InChI is InChI=1S/C22H26FNO2/c1-13(2)9-14-5-7-15(8-6-14)17-10-16-12-22(3,4)20(24-21(25)26)18(16)11-19(17)23/h5-8,10-11,13,20,24H,9,12H2,1-4H3,(H,25,26)/t20-/m0/s1. The van der Waals surface area contributed by atoms with E-state index < -0.39 is 12.1 Å². The molecule has 2 N–H and O–H groups in total. The minimum Gasteiger partial charge on any atom is -0.465 e. The largest absolute Gasteiger partial charge is 0.465 e. The Morgan fingerprint density at radius 3 is 2.50 bits per heavy atom. The van der Waals surface area contributed by atoms with Crippen molar-refractivity contribution < 1.29 is 14.3 Å². The number of hydrogen-bond donors (Lipinski definition) is 2. The number of amides is 1. The van der Waals surface area contributed by atoms with Gasteiger partial charge in [-0.3, -0.25) is 0 Å². The van der Waals surface area contributed by atoms with E-state index in [0.29, 0.717) is 17.9 Å². The minimum atomic E-state index is -1.08. The molecule has 2 aromatic rings. The number of rotatable bonds is 4. The van der Waals surface area contributed by atoms with Crippen molar-refractivity contribution in [1.29, 1.82) is 0 Å². The summed E-state index contributed by atoms with van der Waals surface area (Å²) in [5.41, 5.74) is 4.15. The lowest BCUT2D eigenvalue weighted by atomic mass is 9.85. The summed E-state index contributed by atoms with van der Waals surface area (Å²) in [6.07, 6.45) is 0.636. The van der Waals surface area contributed by atoms with Gasteiger partial charge in [0.15, 0.2) is 0 Å². The summed E-state index contributed by atoms with van der Waals surface area (Å²) in [6.45, 7) is 8.37. The normalized spacial score (nSPS) is 18.0. The molecule has 0 saturated heterocycles. The average Bonchev–Trinajstić information content (AvgIpc) is 2.77. The smallest absolute Gasteiger partial charge is 0.405 e. The van der Waals surface area contributed by atoms with E-state index in [4.69, 9.17) is 5.11 Å². The SMILES string of the molecule is CC(C)Cc1ccc(-c2cc3c(cc2F)[C@H](NC(=O)O)C(C)(C)C3)cc1. The van der Waals surface area contributed by atoms with Crippen LogP contribution in [0.1, 0.15) is 50.4 Å². The van der Waals surface area contributed by atoms with Crippen molar-refractivity contribution in [3.05, 3.63) is 58.9 Å². The summed E-state index contributed by atoms with van der Waals surface area (Å²) < 4.78 is 14.8. The maximum Gasteiger partial charge on any atom is 0.405 e. The zero-order valence-corrected chi connectivity index (χ0v) is 15.8.